The standard InChI is InChI=1S/C19H23BrN2O5S/c1-21(12-14-9-10-17(26-2)18(11-14)27-3)19(23)13-22(28(4,24)25)16-8-6-5-7-15(16)20/h5-11H,12-13H2,1-4H3. The molecule has 0 aliphatic heterocycles. The van der Waals surface area contributed by atoms with Crippen LogP contribution in [0.1, 0.15) is 5.56 Å². The average molecular weight is 471 g/mol. The van der Waals surface area contributed by atoms with Crippen LogP contribution in [0.4, 0.5) is 5.69 Å². The molecular formula is C19H23BrN2O5S. The van der Waals surface area contributed by atoms with Crippen LogP contribution in [-0.4, -0.2) is 53.3 Å². The number of sulfonamides is 1. The molecule has 0 aliphatic rings. The van der Waals surface area contributed by atoms with Crippen molar-refractivity contribution in [2.45, 2.75) is 6.54 Å². The fraction of sp³-hybridized carbons (Fsp3) is 0.316. The molecule has 152 valence electrons. The van der Waals surface area contributed by atoms with E-state index in [2.05, 4.69) is 15.9 Å². The quantitative estimate of drug-likeness (QED) is 0.592. The highest BCUT2D eigenvalue weighted by Crippen LogP contribution is 2.29. The molecule has 0 bridgehead atoms. The number of hydrogen-bond donors (Lipinski definition) is 0. The van der Waals surface area contributed by atoms with Crippen LogP contribution >= 0.6 is 15.9 Å². The van der Waals surface area contributed by atoms with Gasteiger partial charge in [0.1, 0.15) is 6.54 Å². The van der Waals surface area contributed by atoms with Gasteiger partial charge in [-0.3, -0.25) is 9.10 Å². The minimum absolute atomic E-state index is 0.298. The molecule has 2 rings (SSSR count). The molecule has 0 N–H and O–H groups in total. The van der Waals surface area contributed by atoms with Crippen LogP contribution in [0.5, 0.6) is 11.5 Å². The molecule has 2 aromatic rings. The van der Waals surface area contributed by atoms with E-state index in [1.54, 1.807) is 50.6 Å². The molecule has 7 nitrogen and oxygen atoms in total. The first kappa shape index (κ1) is 22.0. The number of rotatable bonds is 8. The van der Waals surface area contributed by atoms with Crippen LogP contribution in [-0.2, 0) is 21.4 Å². The minimum atomic E-state index is -3.64. The first-order valence-corrected chi connectivity index (χ1v) is 11.0. The first-order chi connectivity index (χ1) is 13.2. The summed E-state index contributed by atoms with van der Waals surface area (Å²) in [6.45, 7) is -0.00200. The third-order valence-corrected chi connectivity index (χ3v) is 5.89. The highest BCUT2D eigenvalue weighted by atomic mass is 79.9. The van der Waals surface area contributed by atoms with Gasteiger partial charge in [0.2, 0.25) is 15.9 Å². The SMILES string of the molecule is COc1ccc(CN(C)C(=O)CN(c2ccccc2Br)S(C)(=O)=O)cc1OC. The second-order valence-corrected chi connectivity index (χ2v) is 8.92. The third-order valence-electron chi connectivity index (χ3n) is 4.09. The van der Waals surface area contributed by atoms with Crippen LogP contribution in [0, 0.1) is 0 Å². The average Bonchev–Trinajstić information content (AvgIpc) is 2.65. The molecule has 0 saturated carbocycles. The van der Waals surface area contributed by atoms with E-state index < -0.39 is 10.0 Å². The van der Waals surface area contributed by atoms with E-state index in [9.17, 15) is 13.2 Å². The van der Waals surface area contributed by atoms with Crippen molar-refractivity contribution in [3.05, 3.63) is 52.5 Å². The molecule has 0 unspecified atom stereocenters. The topological polar surface area (TPSA) is 76.2 Å². The van der Waals surface area contributed by atoms with Gasteiger partial charge < -0.3 is 14.4 Å². The maximum atomic E-state index is 12.7. The second kappa shape index (κ2) is 9.29. The molecule has 0 aliphatic carbocycles. The highest BCUT2D eigenvalue weighted by Gasteiger charge is 2.24. The summed E-state index contributed by atoms with van der Waals surface area (Å²) in [4.78, 5) is 14.2. The van der Waals surface area contributed by atoms with Crippen molar-refractivity contribution in [3.8, 4) is 11.5 Å². The lowest BCUT2D eigenvalue weighted by Crippen LogP contribution is -2.41. The maximum absolute atomic E-state index is 12.7. The number of hydrogen-bond acceptors (Lipinski definition) is 5. The number of anilines is 1. The molecule has 28 heavy (non-hydrogen) atoms. The van der Waals surface area contributed by atoms with Crippen LogP contribution in [0.2, 0.25) is 0 Å². The number of likely N-dealkylation sites (N-methyl/N-ethyl adjacent to an activating group) is 1. The predicted molar refractivity (Wildman–Crippen MR) is 112 cm³/mol. The monoisotopic (exact) mass is 470 g/mol. The van der Waals surface area contributed by atoms with Gasteiger partial charge in [0, 0.05) is 18.1 Å². The zero-order valence-electron chi connectivity index (χ0n) is 16.2. The van der Waals surface area contributed by atoms with Crippen LogP contribution < -0.4 is 13.8 Å². The summed E-state index contributed by atoms with van der Waals surface area (Å²) < 4.78 is 36.7. The van der Waals surface area contributed by atoms with Gasteiger partial charge >= 0.3 is 0 Å². The van der Waals surface area contributed by atoms with Crippen molar-refractivity contribution in [1.29, 1.82) is 0 Å². The van der Waals surface area contributed by atoms with E-state index in [-0.39, 0.29) is 12.5 Å². The van der Waals surface area contributed by atoms with Crippen LogP contribution in [0.3, 0.4) is 0 Å². The van der Waals surface area contributed by atoms with Crippen molar-refractivity contribution in [2.75, 3.05) is 38.4 Å². The Morgan fingerprint density at radius 3 is 2.29 bits per heavy atom. The number of carbonyl (C=O) groups excluding carboxylic acids is 1. The summed E-state index contributed by atoms with van der Waals surface area (Å²) in [5.41, 5.74) is 1.25. The number of amides is 1. The van der Waals surface area contributed by atoms with Gasteiger partial charge in [-0.15, -0.1) is 0 Å². The van der Waals surface area contributed by atoms with Gasteiger partial charge in [0.15, 0.2) is 11.5 Å². The zero-order valence-corrected chi connectivity index (χ0v) is 18.6. The number of para-hydroxylation sites is 1. The number of nitrogens with zero attached hydrogens (tertiary/aromatic N) is 2. The van der Waals surface area contributed by atoms with Gasteiger partial charge in [-0.25, -0.2) is 8.42 Å². The van der Waals surface area contributed by atoms with Crippen molar-refractivity contribution in [3.63, 3.8) is 0 Å². The molecular weight excluding hydrogens is 448 g/mol. The Morgan fingerprint density at radius 2 is 1.71 bits per heavy atom. The molecule has 0 aromatic heterocycles. The smallest absolute Gasteiger partial charge is 0.243 e. The van der Waals surface area contributed by atoms with E-state index in [1.807, 2.05) is 6.07 Å². The van der Waals surface area contributed by atoms with E-state index in [0.717, 1.165) is 16.1 Å². The Balaban J connectivity index is 2.19. The van der Waals surface area contributed by atoms with Gasteiger partial charge in [-0.1, -0.05) is 18.2 Å². The number of ether oxygens (including phenoxy) is 2. The zero-order chi connectivity index (χ0) is 20.9. The van der Waals surface area contributed by atoms with E-state index in [0.29, 0.717) is 28.2 Å². The second-order valence-electron chi connectivity index (χ2n) is 6.16. The van der Waals surface area contributed by atoms with Gasteiger partial charge in [-0.2, -0.15) is 0 Å². The molecule has 0 spiro atoms. The Kier molecular flexibility index (Phi) is 7.31. The molecule has 0 heterocycles. The molecule has 9 heteroatoms. The summed E-state index contributed by atoms with van der Waals surface area (Å²) >= 11 is 3.34. The lowest BCUT2D eigenvalue weighted by atomic mass is 10.2. The number of methoxy groups -OCH3 is 2. The summed E-state index contributed by atoms with van der Waals surface area (Å²) in [7, 11) is 1.07. The summed E-state index contributed by atoms with van der Waals surface area (Å²) in [5, 5.41) is 0. The largest absolute Gasteiger partial charge is 0.493 e. The molecule has 1 amide bonds. The normalized spacial score (nSPS) is 11.0. The van der Waals surface area contributed by atoms with Crippen LogP contribution in [0.25, 0.3) is 0 Å². The molecule has 0 radical (unpaired) electrons. The Labute approximate surface area is 174 Å². The van der Waals surface area contributed by atoms with E-state index >= 15 is 0 Å². The fourth-order valence-electron chi connectivity index (χ4n) is 2.62. The highest BCUT2D eigenvalue weighted by molar-refractivity contribution is 9.10. The molecule has 0 atom stereocenters. The van der Waals surface area contributed by atoms with Crippen LogP contribution in [0.15, 0.2) is 46.9 Å². The molecule has 0 fully saturated rings. The Bertz CT molecular complexity index is 949. The number of benzene rings is 2. The maximum Gasteiger partial charge on any atom is 0.243 e. The summed E-state index contributed by atoms with van der Waals surface area (Å²) in [6.07, 6.45) is 1.08. The lowest BCUT2D eigenvalue weighted by Gasteiger charge is -2.26. The van der Waals surface area contributed by atoms with Crippen molar-refractivity contribution >= 4 is 37.5 Å². The van der Waals surface area contributed by atoms with Gasteiger partial charge in [-0.05, 0) is 45.8 Å². The molecule has 0 saturated heterocycles. The van der Waals surface area contributed by atoms with Crippen molar-refractivity contribution in [1.82, 2.24) is 4.90 Å². The minimum Gasteiger partial charge on any atom is -0.493 e. The predicted octanol–water partition coefficient (Wildman–Crippen LogP) is 2.89. The van der Waals surface area contributed by atoms with Crippen molar-refractivity contribution in [2.24, 2.45) is 0 Å². The summed E-state index contributed by atoms with van der Waals surface area (Å²) in [6, 6.07) is 12.2. The number of carbonyl (C=O) groups is 1. The Hall–Kier alpha value is -2.26. The molecule has 2 aromatic carbocycles. The van der Waals surface area contributed by atoms with Gasteiger partial charge in [0.25, 0.3) is 0 Å². The fourth-order valence-corrected chi connectivity index (χ4v) is 4.10. The Morgan fingerprint density at radius 1 is 1.07 bits per heavy atom. The van der Waals surface area contributed by atoms with Crippen molar-refractivity contribution < 1.29 is 22.7 Å². The van der Waals surface area contributed by atoms with E-state index in [1.165, 1.54) is 12.0 Å². The number of halogens is 1. The summed E-state index contributed by atoms with van der Waals surface area (Å²) in [5.74, 6) is 0.820. The first-order valence-electron chi connectivity index (χ1n) is 8.34. The third kappa shape index (κ3) is 5.39. The van der Waals surface area contributed by atoms with Gasteiger partial charge in [0.05, 0.1) is 26.2 Å². The lowest BCUT2D eigenvalue weighted by molar-refractivity contribution is -0.128. The van der Waals surface area contributed by atoms with E-state index in [4.69, 9.17) is 9.47 Å².